The Morgan fingerprint density at radius 3 is 2.29 bits per heavy atom. The van der Waals surface area contributed by atoms with Gasteiger partial charge >= 0.3 is 6.01 Å². The van der Waals surface area contributed by atoms with Crippen LogP contribution in [0, 0.1) is 11.6 Å². The molecule has 0 saturated carbocycles. The number of hydrogen-bond donors (Lipinski definition) is 1. The van der Waals surface area contributed by atoms with Crippen molar-refractivity contribution >= 4 is 46.2 Å². The van der Waals surface area contributed by atoms with Gasteiger partial charge in [-0.2, -0.15) is 9.97 Å². The normalized spacial score (nSPS) is 21.6. The Bertz CT molecular complexity index is 2630. The Morgan fingerprint density at radius 1 is 0.892 bits per heavy atom. The number of hydrogen-bond acceptors (Lipinski definition) is 10. The van der Waals surface area contributed by atoms with Crippen molar-refractivity contribution in [2.24, 2.45) is 0 Å². The van der Waals surface area contributed by atoms with E-state index in [4.69, 9.17) is 33.6 Å². The lowest BCUT2D eigenvalue weighted by atomic mass is 9.94. The van der Waals surface area contributed by atoms with Crippen molar-refractivity contribution in [3.8, 4) is 23.0 Å². The highest BCUT2D eigenvalue weighted by molar-refractivity contribution is 6.99. The Balaban J connectivity index is 1.07. The molecule has 3 atom stereocenters. The quantitative estimate of drug-likeness (QED) is 0.0843. The number of rotatable bonds is 14. The summed E-state index contributed by atoms with van der Waals surface area (Å²) in [6, 6.07) is 28.4. The van der Waals surface area contributed by atoms with E-state index in [1.165, 1.54) is 23.5 Å². The van der Waals surface area contributed by atoms with Crippen LogP contribution in [0.3, 0.4) is 0 Å². The third kappa shape index (κ3) is 8.39. The van der Waals surface area contributed by atoms with E-state index in [1.807, 2.05) is 18.7 Å². The third-order valence-corrected chi connectivity index (χ3v) is 19.1. The molecule has 3 fully saturated rings. The number of aliphatic hydroxyl groups is 1. The second-order valence-electron chi connectivity index (χ2n) is 19.5. The first-order valence-corrected chi connectivity index (χ1v) is 25.0. The lowest BCUT2D eigenvalue weighted by Crippen LogP contribution is -2.67. The molecule has 0 unspecified atom stereocenters. The molecule has 0 radical (unpaired) electrons. The Hall–Kier alpha value is -5.05. The zero-order valence-electron chi connectivity index (χ0n) is 38.5. The summed E-state index contributed by atoms with van der Waals surface area (Å²) in [6.45, 7) is 13.4. The average Bonchev–Trinajstić information content (AvgIpc) is 3.87. The molecule has 4 aromatic carbocycles. The van der Waals surface area contributed by atoms with E-state index in [2.05, 4.69) is 86.3 Å². The maximum atomic E-state index is 17.5. The number of benzene rings is 4. The van der Waals surface area contributed by atoms with Crippen LogP contribution in [0.2, 0.25) is 5.04 Å². The van der Waals surface area contributed by atoms with Crippen LogP contribution in [0.25, 0.3) is 32.9 Å². The van der Waals surface area contributed by atoms with Crippen LogP contribution in [-0.4, -0.2) is 97.2 Å². The summed E-state index contributed by atoms with van der Waals surface area (Å²) in [4.78, 5) is 19.1. The fourth-order valence-corrected chi connectivity index (χ4v) is 15.7. The summed E-state index contributed by atoms with van der Waals surface area (Å²) >= 11 is 0. The summed E-state index contributed by atoms with van der Waals surface area (Å²) in [5.74, 6) is -0.179. The topological polar surface area (TPSA) is 102 Å². The molecule has 6 aromatic rings. The molecule has 5 heterocycles. The number of aryl methyl sites for hydroxylation is 1. The lowest BCUT2D eigenvalue weighted by Gasteiger charge is -2.44. The van der Waals surface area contributed by atoms with Gasteiger partial charge in [-0.15, -0.1) is 0 Å². The van der Waals surface area contributed by atoms with Crippen LogP contribution in [0.15, 0.2) is 91.1 Å². The minimum atomic E-state index is -2.76. The maximum Gasteiger partial charge on any atom is 0.319 e. The number of β-amino-alcohol motifs (C(OH)–C–C–N with tert-alkyl or cyclic N) is 1. The fraction of sp³-hybridized carbons (Fsp3) is 0.442. The minimum absolute atomic E-state index is 0.00647. The number of fused-ring (bicyclic) bond motifs is 3. The predicted molar refractivity (Wildman–Crippen MR) is 255 cm³/mol. The van der Waals surface area contributed by atoms with Gasteiger partial charge in [0.2, 0.25) is 0 Å². The van der Waals surface area contributed by atoms with E-state index in [9.17, 15) is 5.11 Å². The van der Waals surface area contributed by atoms with E-state index in [0.717, 1.165) is 38.6 Å². The van der Waals surface area contributed by atoms with Crippen LogP contribution >= 0.6 is 0 Å². The van der Waals surface area contributed by atoms with Crippen molar-refractivity contribution in [1.29, 1.82) is 0 Å². The molecule has 65 heavy (non-hydrogen) atoms. The van der Waals surface area contributed by atoms with Crippen molar-refractivity contribution in [3.05, 3.63) is 108 Å². The molecule has 3 aliphatic heterocycles. The molecule has 0 aliphatic carbocycles. The minimum Gasteiger partial charge on any atom is -0.468 e. The first kappa shape index (κ1) is 45.1. The van der Waals surface area contributed by atoms with E-state index in [-0.39, 0.29) is 46.5 Å². The summed E-state index contributed by atoms with van der Waals surface area (Å²) in [7, 11) is -1.23. The average molecular weight is 902 g/mol. The number of anilines is 1. The monoisotopic (exact) mass is 901 g/mol. The Morgan fingerprint density at radius 2 is 1.62 bits per heavy atom. The number of pyridine rings is 1. The SMILES string of the molecule is CCc1c(F)ccc2cc(OCOC)cc(-c3ncc4c(N5CCC[C@@](C)(O)C5)nc(OC[C@@]56CCCN5[C@H](CO[Si](c5ccccc5)(c5ccccc5)C(C)(C)C)CC6)nc4c3F)c12. The van der Waals surface area contributed by atoms with Gasteiger partial charge in [0.05, 0.1) is 23.1 Å². The zero-order valence-corrected chi connectivity index (χ0v) is 39.5. The van der Waals surface area contributed by atoms with Crippen LogP contribution < -0.4 is 24.7 Å². The van der Waals surface area contributed by atoms with Crippen molar-refractivity contribution in [2.45, 2.75) is 102 Å². The summed E-state index contributed by atoms with van der Waals surface area (Å²) in [6.07, 6.45) is 7.18. The largest absolute Gasteiger partial charge is 0.468 e. The van der Waals surface area contributed by atoms with Gasteiger partial charge in [0, 0.05) is 38.0 Å². The molecule has 1 N–H and O–H groups in total. The molecule has 3 saturated heterocycles. The molecule has 13 heteroatoms. The van der Waals surface area contributed by atoms with Crippen LogP contribution in [0.4, 0.5) is 14.6 Å². The second kappa shape index (κ2) is 18.0. The Kier molecular flexibility index (Phi) is 12.5. The number of nitrogens with zero attached hydrogens (tertiary/aromatic N) is 5. The van der Waals surface area contributed by atoms with E-state index >= 15 is 8.78 Å². The van der Waals surface area contributed by atoms with Gasteiger partial charge in [0.25, 0.3) is 8.32 Å². The predicted octanol–water partition coefficient (Wildman–Crippen LogP) is 8.97. The van der Waals surface area contributed by atoms with Gasteiger partial charge in [-0.3, -0.25) is 9.88 Å². The molecule has 9 rings (SSSR count). The van der Waals surface area contributed by atoms with Crippen molar-refractivity contribution in [1.82, 2.24) is 19.9 Å². The first-order chi connectivity index (χ1) is 31.3. The van der Waals surface area contributed by atoms with Gasteiger partial charge in [-0.05, 0) is 108 Å². The summed E-state index contributed by atoms with van der Waals surface area (Å²) in [5, 5.41) is 15.2. The summed E-state index contributed by atoms with van der Waals surface area (Å²) < 4.78 is 58.2. The van der Waals surface area contributed by atoms with E-state index in [0.29, 0.717) is 78.0 Å². The van der Waals surface area contributed by atoms with E-state index < -0.39 is 19.7 Å². The molecule has 342 valence electrons. The standard InChI is InChI=1S/C52H61F2N5O5Si/c1-7-40-43(53)21-20-35-28-37(63-34-61-6)29-41(44(35)40)46-45(54)47-42(30-55-46)48(58-26-14-23-51(5,60)32-58)57-49(56-47)62-33-52-24-15-27-59(52)36(22-25-52)31-64-65(50(2,3)4,38-16-10-8-11-17-38)39-18-12-9-13-19-39/h8-13,16-21,28-30,36,60H,7,14-15,22-27,31-34H2,1-6H3/t36-,51+,52-/m0/s1. The molecule has 0 spiro atoms. The first-order valence-electron chi connectivity index (χ1n) is 23.1. The number of aromatic nitrogens is 3. The molecular formula is C52H61F2N5O5Si. The molecular weight excluding hydrogens is 841 g/mol. The van der Waals surface area contributed by atoms with Crippen LogP contribution in [0.1, 0.15) is 78.7 Å². The molecule has 0 bridgehead atoms. The lowest BCUT2D eigenvalue weighted by molar-refractivity contribution is 0.0446. The highest BCUT2D eigenvalue weighted by Crippen LogP contribution is 2.45. The highest BCUT2D eigenvalue weighted by Gasteiger charge is 2.54. The van der Waals surface area contributed by atoms with E-state index in [1.54, 1.807) is 24.4 Å². The van der Waals surface area contributed by atoms with Crippen molar-refractivity contribution < 1.29 is 32.5 Å². The summed E-state index contributed by atoms with van der Waals surface area (Å²) in [5.41, 5.74) is -0.361. The molecule has 3 aliphatic rings. The van der Waals surface area contributed by atoms with Crippen LogP contribution in [0.5, 0.6) is 11.8 Å². The number of piperidine rings is 1. The van der Waals surface area contributed by atoms with Crippen molar-refractivity contribution in [2.75, 3.05) is 51.7 Å². The van der Waals surface area contributed by atoms with Crippen molar-refractivity contribution in [3.63, 3.8) is 0 Å². The number of ether oxygens (including phenoxy) is 3. The zero-order chi connectivity index (χ0) is 45.6. The second-order valence-corrected chi connectivity index (χ2v) is 23.8. The number of methoxy groups -OCH3 is 1. The van der Waals surface area contributed by atoms with Gasteiger partial charge in [-0.25, -0.2) is 8.78 Å². The Labute approximate surface area is 382 Å². The molecule has 2 aromatic heterocycles. The highest BCUT2D eigenvalue weighted by atomic mass is 28.4. The third-order valence-electron chi connectivity index (χ3n) is 14.1. The smallest absolute Gasteiger partial charge is 0.319 e. The van der Waals surface area contributed by atoms with Gasteiger partial charge in [0.15, 0.2) is 12.6 Å². The molecule has 0 amide bonds. The van der Waals surface area contributed by atoms with Crippen LogP contribution in [-0.2, 0) is 15.6 Å². The van der Waals surface area contributed by atoms with Gasteiger partial charge < -0.3 is 28.6 Å². The number of halogens is 2. The van der Waals surface area contributed by atoms with Gasteiger partial charge in [-0.1, -0.05) is 94.4 Å². The fourth-order valence-electron chi connectivity index (χ4n) is 11.1. The molecule has 10 nitrogen and oxygen atoms in total. The maximum absolute atomic E-state index is 17.5. The van der Waals surface area contributed by atoms with Gasteiger partial charge in [0.1, 0.15) is 35.2 Å².